The van der Waals surface area contributed by atoms with Crippen LogP contribution in [0.15, 0.2) is 4.99 Å². The van der Waals surface area contributed by atoms with E-state index in [2.05, 4.69) is 30.3 Å². The quantitative estimate of drug-likeness (QED) is 0.482. The van der Waals surface area contributed by atoms with E-state index in [1.54, 1.807) is 0 Å². The highest BCUT2D eigenvalue weighted by molar-refractivity contribution is 5.80. The zero-order chi connectivity index (χ0) is 20.1. The van der Waals surface area contributed by atoms with Crippen molar-refractivity contribution in [1.82, 2.24) is 25.3 Å². The van der Waals surface area contributed by atoms with Gasteiger partial charge in [0.2, 0.25) is 5.91 Å². The molecule has 0 aromatic carbocycles. The Hall–Kier alpha value is -1.38. The van der Waals surface area contributed by atoms with Gasteiger partial charge in [0.15, 0.2) is 5.96 Å². The number of piperazine rings is 1. The summed E-state index contributed by atoms with van der Waals surface area (Å²) >= 11 is 0. The number of nitrogens with zero attached hydrogens (tertiary/aromatic N) is 4. The van der Waals surface area contributed by atoms with Crippen molar-refractivity contribution < 1.29 is 9.53 Å². The molecular formula is C21H38N6O2. The summed E-state index contributed by atoms with van der Waals surface area (Å²) in [6, 6.07) is 0.444. The first-order chi connectivity index (χ1) is 14.2. The minimum Gasteiger partial charge on any atom is -0.381 e. The van der Waals surface area contributed by atoms with Gasteiger partial charge in [-0.25, -0.2) is 0 Å². The molecule has 29 heavy (non-hydrogen) atoms. The summed E-state index contributed by atoms with van der Waals surface area (Å²) in [4.78, 5) is 23.9. The van der Waals surface area contributed by atoms with Crippen LogP contribution in [0.3, 0.4) is 0 Å². The number of carbonyl (C=O) groups is 1. The van der Waals surface area contributed by atoms with Crippen molar-refractivity contribution in [2.24, 2.45) is 4.99 Å². The number of hydrogen-bond acceptors (Lipinski definition) is 5. The van der Waals surface area contributed by atoms with Crippen LogP contribution in [-0.2, 0) is 9.53 Å². The van der Waals surface area contributed by atoms with Crippen LogP contribution in [0, 0.1) is 0 Å². The molecule has 8 heteroatoms. The average Bonchev–Trinajstić information content (AvgIpc) is 3.37. The van der Waals surface area contributed by atoms with Gasteiger partial charge < -0.3 is 20.3 Å². The normalized spacial score (nSPS) is 26.5. The second-order valence-corrected chi connectivity index (χ2v) is 9.04. The van der Waals surface area contributed by atoms with Crippen LogP contribution in [0.25, 0.3) is 0 Å². The number of hydrogen-bond donors (Lipinski definition) is 2. The lowest BCUT2D eigenvalue weighted by molar-refractivity contribution is -0.122. The van der Waals surface area contributed by atoms with E-state index in [-0.39, 0.29) is 11.4 Å². The highest BCUT2D eigenvalue weighted by atomic mass is 16.5. The molecule has 0 spiro atoms. The number of nitrogens with one attached hydrogen (secondary N) is 2. The predicted molar refractivity (Wildman–Crippen MR) is 114 cm³/mol. The van der Waals surface area contributed by atoms with Gasteiger partial charge in [-0.1, -0.05) is 0 Å². The molecule has 1 saturated carbocycles. The Morgan fingerprint density at radius 2 is 1.76 bits per heavy atom. The predicted octanol–water partition coefficient (Wildman–Crippen LogP) is 0.103. The van der Waals surface area contributed by atoms with Crippen molar-refractivity contribution in [2.45, 2.75) is 50.1 Å². The Morgan fingerprint density at radius 1 is 1.07 bits per heavy atom. The third-order valence-electron chi connectivity index (χ3n) is 6.97. The van der Waals surface area contributed by atoms with Gasteiger partial charge in [-0.3, -0.25) is 19.6 Å². The largest absolute Gasteiger partial charge is 0.381 e. The lowest BCUT2D eigenvalue weighted by Crippen LogP contribution is -2.60. The van der Waals surface area contributed by atoms with Gasteiger partial charge in [0.05, 0.1) is 6.54 Å². The van der Waals surface area contributed by atoms with E-state index in [1.165, 1.54) is 25.9 Å². The molecule has 0 aromatic heterocycles. The lowest BCUT2D eigenvalue weighted by Gasteiger charge is -2.45. The number of amides is 1. The van der Waals surface area contributed by atoms with Crippen LogP contribution in [0.5, 0.6) is 0 Å². The number of ether oxygens (including phenoxy) is 1. The summed E-state index contributed by atoms with van der Waals surface area (Å²) in [7, 11) is 1.88. The summed E-state index contributed by atoms with van der Waals surface area (Å²) in [5.41, 5.74) is 0.202. The lowest BCUT2D eigenvalue weighted by atomic mass is 9.88. The first-order valence-electron chi connectivity index (χ1n) is 11.5. The number of rotatable bonds is 6. The first-order valence-corrected chi connectivity index (χ1v) is 11.5. The minimum atomic E-state index is 0.176. The second kappa shape index (κ2) is 9.62. The van der Waals surface area contributed by atoms with Crippen LogP contribution >= 0.6 is 0 Å². The molecule has 4 rings (SSSR count). The maximum atomic E-state index is 12.1. The molecule has 164 valence electrons. The van der Waals surface area contributed by atoms with E-state index in [1.807, 2.05) is 7.05 Å². The second-order valence-electron chi connectivity index (χ2n) is 9.04. The third kappa shape index (κ3) is 5.41. The fourth-order valence-corrected chi connectivity index (χ4v) is 4.95. The number of guanidine groups is 1. The fourth-order valence-electron chi connectivity index (χ4n) is 4.95. The Kier molecular flexibility index (Phi) is 6.92. The minimum absolute atomic E-state index is 0.176. The van der Waals surface area contributed by atoms with Crippen LogP contribution in [0.2, 0.25) is 0 Å². The molecule has 4 aliphatic rings. The monoisotopic (exact) mass is 406 g/mol. The van der Waals surface area contributed by atoms with E-state index in [4.69, 9.17) is 4.74 Å². The first kappa shape index (κ1) is 20.9. The van der Waals surface area contributed by atoms with Gasteiger partial charge in [-0.2, -0.15) is 0 Å². The molecule has 0 atom stereocenters. The molecule has 2 N–H and O–H groups in total. The summed E-state index contributed by atoms with van der Waals surface area (Å²) in [5, 5.41) is 6.79. The maximum Gasteiger partial charge on any atom is 0.234 e. The fraction of sp³-hybridized carbons (Fsp3) is 0.905. The molecule has 8 nitrogen and oxygen atoms in total. The van der Waals surface area contributed by atoms with Gasteiger partial charge in [0, 0.05) is 64.6 Å². The SMILES string of the molecule is CN=C(NCC1(N2CCCC2)CCOCC1)N1CCN(CC(=O)NC2CC2)CC1. The smallest absolute Gasteiger partial charge is 0.234 e. The summed E-state index contributed by atoms with van der Waals surface area (Å²) in [5.74, 6) is 1.17. The Labute approximate surface area is 175 Å². The molecular weight excluding hydrogens is 368 g/mol. The molecule has 0 bridgehead atoms. The van der Waals surface area contributed by atoms with Crippen LogP contribution in [0.4, 0.5) is 0 Å². The van der Waals surface area contributed by atoms with Crippen molar-refractivity contribution in [3.63, 3.8) is 0 Å². The van der Waals surface area contributed by atoms with Crippen LogP contribution in [-0.4, -0.2) is 111 Å². The number of aliphatic imine (C=N–C) groups is 1. The summed E-state index contributed by atoms with van der Waals surface area (Å²) in [6.07, 6.45) is 7.11. The Morgan fingerprint density at radius 3 is 2.38 bits per heavy atom. The van der Waals surface area contributed by atoms with Gasteiger partial charge in [-0.15, -0.1) is 0 Å². The molecule has 0 aromatic rings. The molecule has 0 radical (unpaired) electrons. The molecule has 4 fully saturated rings. The topological polar surface area (TPSA) is 72.4 Å². The van der Waals surface area contributed by atoms with Crippen molar-refractivity contribution in [3.05, 3.63) is 0 Å². The molecule has 0 unspecified atom stereocenters. The van der Waals surface area contributed by atoms with E-state index in [0.29, 0.717) is 12.6 Å². The molecule has 3 aliphatic heterocycles. The molecule has 3 saturated heterocycles. The average molecular weight is 407 g/mol. The van der Waals surface area contributed by atoms with Crippen LogP contribution < -0.4 is 10.6 Å². The molecule has 1 amide bonds. The maximum absolute atomic E-state index is 12.1. The molecule has 3 heterocycles. The van der Waals surface area contributed by atoms with Gasteiger partial charge in [0.25, 0.3) is 0 Å². The van der Waals surface area contributed by atoms with Gasteiger partial charge in [-0.05, 0) is 51.6 Å². The van der Waals surface area contributed by atoms with E-state index < -0.39 is 0 Å². The Bertz CT molecular complexity index is 574. The number of likely N-dealkylation sites (tertiary alicyclic amines) is 1. The Balaban J connectivity index is 1.26. The zero-order valence-electron chi connectivity index (χ0n) is 18.0. The summed E-state index contributed by atoms with van der Waals surface area (Å²) in [6.45, 7) is 9.24. The van der Waals surface area contributed by atoms with Crippen molar-refractivity contribution in [2.75, 3.05) is 72.6 Å². The van der Waals surface area contributed by atoms with Gasteiger partial charge >= 0.3 is 0 Å². The highest BCUT2D eigenvalue weighted by Gasteiger charge is 2.40. The number of carbonyl (C=O) groups excluding carboxylic acids is 1. The third-order valence-corrected chi connectivity index (χ3v) is 6.97. The van der Waals surface area contributed by atoms with Gasteiger partial charge in [0.1, 0.15) is 0 Å². The van der Waals surface area contributed by atoms with Crippen molar-refractivity contribution >= 4 is 11.9 Å². The highest BCUT2D eigenvalue weighted by Crippen LogP contribution is 2.30. The van der Waals surface area contributed by atoms with E-state index in [9.17, 15) is 4.79 Å². The zero-order valence-corrected chi connectivity index (χ0v) is 18.0. The van der Waals surface area contributed by atoms with Crippen molar-refractivity contribution in [1.29, 1.82) is 0 Å². The molecule has 1 aliphatic carbocycles. The van der Waals surface area contributed by atoms with E-state index in [0.717, 1.165) is 77.6 Å². The standard InChI is InChI=1S/C21H38N6O2/c1-22-20(23-17-21(6-14-29-15-7-21)27-8-2-3-9-27)26-12-10-25(11-13-26)16-19(28)24-18-4-5-18/h18H,2-17H2,1H3,(H,22,23)(H,24,28). The summed E-state index contributed by atoms with van der Waals surface area (Å²) < 4.78 is 5.67. The van der Waals surface area contributed by atoms with E-state index >= 15 is 0 Å². The van der Waals surface area contributed by atoms with Crippen molar-refractivity contribution in [3.8, 4) is 0 Å². The van der Waals surface area contributed by atoms with Crippen LogP contribution in [0.1, 0.15) is 38.5 Å².